The number of carbonyl (C=O) groups is 1. The van der Waals surface area contributed by atoms with Crippen molar-refractivity contribution in [2.24, 2.45) is 0 Å². The topological polar surface area (TPSA) is 63.2 Å². The van der Waals surface area contributed by atoms with Gasteiger partial charge >= 0.3 is 5.97 Å². The van der Waals surface area contributed by atoms with Gasteiger partial charge in [0.05, 0.1) is 5.56 Å². The molecule has 0 aliphatic heterocycles. The zero-order valence-corrected chi connectivity index (χ0v) is 14.1. The summed E-state index contributed by atoms with van der Waals surface area (Å²) in [5, 5.41) is 11.6. The van der Waals surface area contributed by atoms with E-state index in [0.29, 0.717) is 11.1 Å². The second-order valence-corrected chi connectivity index (χ2v) is 6.21. The number of carbonyl (C=O) groups excluding carboxylic acids is 1. The van der Waals surface area contributed by atoms with Gasteiger partial charge in [-0.1, -0.05) is 42.5 Å². The summed E-state index contributed by atoms with van der Waals surface area (Å²) < 4.78 is 11.4. The number of furan rings is 1. The number of benzene rings is 3. The van der Waals surface area contributed by atoms with E-state index in [1.807, 2.05) is 36.4 Å². The third-order valence-electron chi connectivity index (χ3n) is 4.45. The number of para-hydroxylation sites is 1. The molecule has 0 aliphatic carbocycles. The largest absolute Gasteiger partial charge is 0.456 e. The highest BCUT2D eigenvalue weighted by atomic mass is 16.6. The normalized spacial score (nSPS) is 13.2. The van der Waals surface area contributed by atoms with Crippen LogP contribution in [-0.2, 0) is 10.3 Å². The maximum atomic E-state index is 12.4. The van der Waals surface area contributed by atoms with Crippen molar-refractivity contribution < 1.29 is 13.9 Å². The average Bonchev–Trinajstić information content (AvgIpc) is 3.06. The summed E-state index contributed by atoms with van der Waals surface area (Å²) in [6.45, 7) is 1.59. The van der Waals surface area contributed by atoms with Gasteiger partial charge in [0.25, 0.3) is 0 Å². The molecule has 0 aliphatic rings. The van der Waals surface area contributed by atoms with Crippen LogP contribution in [0.15, 0.2) is 77.2 Å². The molecule has 0 amide bonds. The van der Waals surface area contributed by atoms with Crippen molar-refractivity contribution in [3.8, 4) is 6.07 Å². The van der Waals surface area contributed by atoms with Crippen molar-refractivity contribution >= 4 is 27.9 Å². The quantitative estimate of drug-likeness (QED) is 0.482. The molecular formula is C22H15NO3. The van der Waals surface area contributed by atoms with E-state index in [4.69, 9.17) is 9.15 Å². The fraction of sp³-hybridized carbons (Fsp3) is 0.0909. The molecule has 0 bridgehead atoms. The Hall–Kier alpha value is -3.58. The zero-order chi connectivity index (χ0) is 18.1. The molecule has 0 radical (unpaired) electrons. The van der Waals surface area contributed by atoms with Gasteiger partial charge in [-0.15, -0.1) is 0 Å². The van der Waals surface area contributed by atoms with Crippen molar-refractivity contribution in [2.75, 3.05) is 0 Å². The minimum atomic E-state index is -1.40. The number of nitrogens with zero attached hydrogens (tertiary/aromatic N) is 1. The second-order valence-electron chi connectivity index (χ2n) is 6.21. The molecule has 4 nitrogen and oxygen atoms in total. The van der Waals surface area contributed by atoms with Crippen LogP contribution in [0.2, 0.25) is 0 Å². The van der Waals surface area contributed by atoms with Gasteiger partial charge in [0.2, 0.25) is 5.60 Å². The monoisotopic (exact) mass is 341 g/mol. The van der Waals surface area contributed by atoms with Gasteiger partial charge in [-0.3, -0.25) is 0 Å². The highest BCUT2D eigenvalue weighted by Gasteiger charge is 2.32. The summed E-state index contributed by atoms with van der Waals surface area (Å²) in [4.78, 5) is 12.4. The lowest BCUT2D eigenvalue weighted by Crippen LogP contribution is -2.27. The number of nitriles is 1. The molecule has 1 heterocycles. The standard InChI is InChI=1S/C22H15NO3/c1-22(14-23,26-21(24)15-7-3-2-4-8-15)16-11-12-20-18(13-16)17-9-5-6-10-19(17)25-20/h2-13H,1H3. The van der Waals surface area contributed by atoms with Gasteiger partial charge in [0.1, 0.15) is 17.2 Å². The van der Waals surface area contributed by atoms with Crippen LogP contribution in [0.4, 0.5) is 0 Å². The molecular weight excluding hydrogens is 326 g/mol. The van der Waals surface area contributed by atoms with E-state index in [1.165, 1.54) is 0 Å². The van der Waals surface area contributed by atoms with Crippen molar-refractivity contribution in [3.63, 3.8) is 0 Å². The highest BCUT2D eigenvalue weighted by molar-refractivity contribution is 6.05. The van der Waals surface area contributed by atoms with E-state index < -0.39 is 11.6 Å². The van der Waals surface area contributed by atoms with Crippen LogP contribution >= 0.6 is 0 Å². The molecule has 3 aromatic carbocycles. The molecule has 1 unspecified atom stereocenters. The van der Waals surface area contributed by atoms with E-state index in [1.54, 1.807) is 43.3 Å². The Kier molecular flexibility index (Phi) is 3.70. The van der Waals surface area contributed by atoms with Crippen LogP contribution in [0.1, 0.15) is 22.8 Å². The molecule has 4 aromatic rings. The predicted octanol–water partition coefficient (Wildman–Crippen LogP) is 5.18. The number of ether oxygens (including phenoxy) is 1. The van der Waals surface area contributed by atoms with Gasteiger partial charge in [-0.2, -0.15) is 5.26 Å². The third kappa shape index (κ3) is 2.60. The summed E-state index contributed by atoms with van der Waals surface area (Å²) in [7, 11) is 0. The van der Waals surface area contributed by atoms with E-state index in [0.717, 1.165) is 21.9 Å². The fourth-order valence-electron chi connectivity index (χ4n) is 2.99. The average molecular weight is 341 g/mol. The predicted molar refractivity (Wildman–Crippen MR) is 98.5 cm³/mol. The molecule has 126 valence electrons. The number of fused-ring (bicyclic) bond motifs is 3. The minimum absolute atomic E-state index is 0.406. The molecule has 0 fully saturated rings. The SMILES string of the molecule is CC(C#N)(OC(=O)c1ccccc1)c1ccc2oc3ccccc3c2c1. The molecule has 0 spiro atoms. The second kappa shape index (κ2) is 6.05. The maximum Gasteiger partial charge on any atom is 0.339 e. The molecule has 0 saturated heterocycles. The Bertz CT molecular complexity index is 1150. The lowest BCUT2D eigenvalue weighted by atomic mass is 9.95. The number of rotatable bonds is 3. The van der Waals surface area contributed by atoms with Crippen LogP contribution in [0.5, 0.6) is 0 Å². The van der Waals surface area contributed by atoms with E-state index in [-0.39, 0.29) is 0 Å². The molecule has 4 rings (SSSR count). The number of hydrogen-bond donors (Lipinski definition) is 0. The van der Waals surface area contributed by atoms with Gasteiger partial charge in [0, 0.05) is 16.3 Å². The van der Waals surface area contributed by atoms with Gasteiger partial charge in [-0.05, 0) is 37.3 Å². The van der Waals surface area contributed by atoms with E-state index >= 15 is 0 Å². The van der Waals surface area contributed by atoms with Crippen LogP contribution in [0, 0.1) is 11.3 Å². The van der Waals surface area contributed by atoms with Gasteiger partial charge in [0.15, 0.2) is 0 Å². The highest BCUT2D eigenvalue weighted by Crippen LogP contribution is 2.33. The number of esters is 1. The van der Waals surface area contributed by atoms with Crippen LogP contribution in [0.25, 0.3) is 21.9 Å². The zero-order valence-electron chi connectivity index (χ0n) is 14.1. The lowest BCUT2D eigenvalue weighted by molar-refractivity contribution is 0.0121. The molecule has 0 N–H and O–H groups in total. The minimum Gasteiger partial charge on any atom is -0.456 e. The van der Waals surface area contributed by atoms with E-state index in [2.05, 4.69) is 6.07 Å². The molecule has 0 saturated carbocycles. The van der Waals surface area contributed by atoms with Crippen molar-refractivity contribution in [3.05, 3.63) is 83.9 Å². The lowest BCUT2D eigenvalue weighted by Gasteiger charge is -2.22. The maximum absolute atomic E-state index is 12.4. The third-order valence-corrected chi connectivity index (χ3v) is 4.45. The van der Waals surface area contributed by atoms with Crippen molar-refractivity contribution in [1.82, 2.24) is 0 Å². The Morgan fingerprint density at radius 3 is 2.42 bits per heavy atom. The summed E-state index contributed by atoms with van der Waals surface area (Å²) in [6, 6.07) is 23.9. The Morgan fingerprint density at radius 2 is 1.65 bits per heavy atom. The van der Waals surface area contributed by atoms with Crippen molar-refractivity contribution in [2.45, 2.75) is 12.5 Å². The van der Waals surface area contributed by atoms with Gasteiger partial charge < -0.3 is 9.15 Å². The first kappa shape index (κ1) is 15.9. The number of hydrogen-bond acceptors (Lipinski definition) is 4. The summed E-state index contributed by atoms with van der Waals surface area (Å²) in [6.07, 6.45) is 0. The first-order valence-electron chi connectivity index (χ1n) is 8.22. The molecule has 1 atom stereocenters. The summed E-state index contributed by atoms with van der Waals surface area (Å²) >= 11 is 0. The molecule has 1 aromatic heterocycles. The van der Waals surface area contributed by atoms with Crippen molar-refractivity contribution in [1.29, 1.82) is 5.26 Å². The first-order valence-corrected chi connectivity index (χ1v) is 8.22. The smallest absolute Gasteiger partial charge is 0.339 e. The Balaban J connectivity index is 1.77. The summed E-state index contributed by atoms with van der Waals surface area (Å²) in [5.41, 5.74) is 1.11. The van der Waals surface area contributed by atoms with Crippen LogP contribution in [0.3, 0.4) is 0 Å². The van der Waals surface area contributed by atoms with Crippen LogP contribution < -0.4 is 0 Å². The molecule has 4 heteroatoms. The Labute approximate surface area is 150 Å². The summed E-state index contributed by atoms with van der Waals surface area (Å²) in [5.74, 6) is -0.535. The molecule has 26 heavy (non-hydrogen) atoms. The van der Waals surface area contributed by atoms with Crippen LogP contribution in [-0.4, -0.2) is 5.97 Å². The fourth-order valence-corrected chi connectivity index (χ4v) is 2.99. The van der Waals surface area contributed by atoms with E-state index in [9.17, 15) is 10.1 Å². The first-order chi connectivity index (χ1) is 12.6. The van der Waals surface area contributed by atoms with Gasteiger partial charge in [-0.25, -0.2) is 4.79 Å². The Morgan fingerprint density at radius 1 is 0.962 bits per heavy atom.